The van der Waals surface area contributed by atoms with Gasteiger partial charge in [-0.1, -0.05) is 42.5 Å². The summed E-state index contributed by atoms with van der Waals surface area (Å²) in [5, 5.41) is 4.34. The second kappa shape index (κ2) is 8.74. The summed E-state index contributed by atoms with van der Waals surface area (Å²) in [6.45, 7) is 2.13. The molecule has 0 saturated carbocycles. The maximum atomic E-state index is 12.9. The van der Waals surface area contributed by atoms with Crippen LogP contribution in [0.4, 0.5) is 5.69 Å². The van der Waals surface area contributed by atoms with Crippen molar-refractivity contribution >= 4 is 22.6 Å². The van der Waals surface area contributed by atoms with E-state index in [0.717, 1.165) is 39.0 Å². The average Bonchev–Trinajstić information content (AvgIpc) is 3.22. The molecule has 0 aliphatic rings. The molecule has 152 valence electrons. The summed E-state index contributed by atoms with van der Waals surface area (Å²) >= 11 is 0. The third-order valence-electron chi connectivity index (χ3n) is 5.06. The third-order valence-corrected chi connectivity index (χ3v) is 5.06. The molecule has 1 atom stereocenters. The Balaban J connectivity index is 1.81. The quantitative estimate of drug-likeness (QED) is 0.399. The molecule has 0 aliphatic carbocycles. The number of carbonyl (C=O) groups is 1. The lowest BCUT2D eigenvalue weighted by Gasteiger charge is -2.19. The van der Waals surface area contributed by atoms with Crippen LogP contribution in [0.2, 0.25) is 0 Å². The molecule has 2 N–H and O–H groups in total. The second-order valence-electron chi connectivity index (χ2n) is 6.90. The van der Waals surface area contributed by atoms with Gasteiger partial charge in [0.05, 0.1) is 13.7 Å². The highest BCUT2D eigenvalue weighted by Gasteiger charge is 2.26. The molecule has 0 aliphatic heterocycles. The Kier molecular flexibility index (Phi) is 5.70. The van der Waals surface area contributed by atoms with Crippen molar-refractivity contribution < 1.29 is 14.3 Å². The first kappa shape index (κ1) is 19.6. The largest absolute Gasteiger partial charge is 0.497 e. The molecule has 0 bridgehead atoms. The van der Waals surface area contributed by atoms with Gasteiger partial charge >= 0.3 is 5.97 Å². The number of aromatic nitrogens is 1. The van der Waals surface area contributed by atoms with E-state index in [1.807, 2.05) is 67.7 Å². The Morgan fingerprint density at radius 2 is 1.77 bits per heavy atom. The lowest BCUT2D eigenvalue weighted by molar-refractivity contribution is -0.144. The van der Waals surface area contributed by atoms with E-state index in [1.165, 1.54) is 0 Å². The summed E-state index contributed by atoms with van der Waals surface area (Å²) in [5.74, 6) is 0.434. The fourth-order valence-electron chi connectivity index (χ4n) is 3.64. The van der Waals surface area contributed by atoms with Gasteiger partial charge in [0.15, 0.2) is 6.04 Å². The van der Waals surface area contributed by atoms with Crippen LogP contribution in [0, 0.1) is 0 Å². The average molecular weight is 400 g/mol. The van der Waals surface area contributed by atoms with Crippen molar-refractivity contribution in [2.24, 2.45) is 0 Å². The minimum absolute atomic E-state index is 0.313. The number of aromatic amines is 1. The number of anilines is 1. The molecule has 4 rings (SSSR count). The van der Waals surface area contributed by atoms with Gasteiger partial charge in [0.1, 0.15) is 5.75 Å². The number of nitrogens with one attached hydrogen (secondary N) is 2. The smallest absolute Gasteiger partial charge is 0.333 e. The van der Waals surface area contributed by atoms with E-state index in [1.54, 1.807) is 7.11 Å². The van der Waals surface area contributed by atoms with Crippen molar-refractivity contribution in [2.75, 3.05) is 19.0 Å². The van der Waals surface area contributed by atoms with Gasteiger partial charge in [0.2, 0.25) is 0 Å². The van der Waals surface area contributed by atoms with E-state index in [-0.39, 0.29) is 5.97 Å². The molecule has 0 radical (unpaired) electrons. The number of benzene rings is 3. The van der Waals surface area contributed by atoms with Crippen LogP contribution in [0.3, 0.4) is 0 Å². The van der Waals surface area contributed by atoms with Crippen molar-refractivity contribution in [3.8, 4) is 16.9 Å². The molecule has 0 unspecified atom stereocenters. The summed E-state index contributed by atoms with van der Waals surface area (Å²) in [7, 11) is 1.63. The minimum Gasteiger partial charge on any atom is -0.497 e. The molecule has 4 aromatic rings. The van der Waals surface area contributed by atoms with Gasteiger partial charge in [-0.05, 0) is 48.4 Å². The van der Waals surface area contributed by atoms with Gasteiger partial charge in [-0.25, -0.2) is 4.79 Å². The molecular formula is C25H24N2O3. The highest BCUT2D eigenvalue weighted by Crippen LogP contribution is 2.35. The van der Waals surface area contributed by atoms with Gasteiger partial charge in [0, 0.05) is 28.4 Å². The number of ether oxygens (including phenoxy) is 2. The summed E-state index contributed by atoms with van der Waals surface area (Å²) in [4.78, 5) is 16.2. The highest BCUT2D eigenvalue weighted by molar-refractivity contribution is 6.01. The van der Waals surface area contributed by atoms with E-state index in [0.29, 0.717) is 6.61 Å². The van der Waals surface area contributed by atoms with Crippen molar-refractivity contribution in [3.63, 3.8) is 0 Å². The Hall–Kier alpha value is -3.73. The number of methoxy groups -OCH3 is 1. The standard InChI is InChI=1S/C25H24N2O3/c1-3-30-25(28)24(27-18-12-14-19(29-2)15-13-18)21-16-26-22-11-7-10-20(23(21)22)17-8-5-4-6-9-17/h4-16,24,26-27H,3H2,1-2H3/t24-/m0/s1. The summed E-state index contributed by atoms with van der Waals surface area (Å²) < 4.78 is 10.6. The van der Waals surface area contributed by atoms with E-state index in [9.17, 15) is 4.79 Å². The van der Waals surface area contributed by atoms with Crippen LogP contribution in [0.25, 0.3) is 22.0 Å². The monoisotopic (exact) mass is 400 g/mol. The lowest BCUT2D eigenvalue weighted by Crippen LogP contribution is -2.23. The zero-order chi connectivity index (χ0) is 20.9. The fraction of sp³-hybridized carbons (Fsp3) is 0.160. The normalized spacial score (nSPS) is 11.8. The van der Waals surface area contributed by atoms with Gasteiger partial charge in [-0.15, -0.1) is 0 Å². The van der Waals surface area contributed by atoms with Crippen LogP contribution >= 0.6 is 0 Å². The van der Waals surface area contributed by atoms with Crippen molar-refractivity contribution in [1.29, 1.82) is 0 Å². The van der Waals surface area contributed by atoms with Crippen molar-refractivity contribution in [1.82, 2.24) is 4.98 Å². The minimum atomic E-state index is -0.656. The van der Waals surface area contributed by atoms with Crippen LogP contribution in [-0.4, -0.2) is 24.7 Å². The number of hydrogen-bond acceptors (Lipinski definition) is 4. The Morgan fingerprint density at radius 1 is 1.00 bits per heavy atom. The van der Waals surface area contributed by atoms with Gasteiger partial charge < -0.3 is 19.8 Å². The Morgan fingerprint density at radius 3 is 2.47 bits per heavy atom. The van der Waals surface area contributed by atoms with Crippen LogP contribution in [-0.2, 0) is 9.53 Å². The highest BCUT2D eigenvalue weighted by atomic mass is 16.5. The molecule has 1 heterocycles. The maximum Gasteiger partial charge on any atom is 0.333 e. The first-order valence-electron chi connectivity index (χ1n) is 9.94. The maximum absolute atomic E-state index is 12.9. The van der Waals surface area contributed by atoms with Crippen molar-refractivity contribution in [2.45, 2.75) is 13.0 Å². The molecule has 30 heavy (non-hydrogen) atoms. The number of esters is 1. The van der Waals surface area contributed by atoms with Crippen LogP contribution < -0.4 is 10.1 Å². The summed E-state index contributed by atoms with van der Waals surface area (Å²) in [5.41, 5.74) is 4.78. The fourth-order valence-corrected chi connectivity index (χ4v) is 3.64. The number of rotatable bonds is 7. The molecule has 1 aromatic heterocycles. The first-order chi connectivity index (χ1) is 14.7. The topological polar surface area (TPSA) is 63.4 Å². The Labute approximate surface area is 175 Å². The van der Waals surface area contributed by atoms with E-state index in [4.69, 9.17) is 9.47 Å². The van der Waals surface area contributed by atoms with Crippen LogP contribution in [0.15, 0.2) is 79.0 Å². The number of carbonyl (C=O) groups excluding carboxylic acids is 1. The Bertz CT molecular complexity index is 1130. The van der Waals surface area contributed by atoms with Crippen LogP contribution in [0.5, 0.6) is 5.75 Å². The predicted octanol–water partition coefficient (Wildman–Crippen LogP) is 5.56. The van der Waals surface area contributed by atoms with Gasteiger partial charge in [-0.3, -0.25) is 0 Å². The molecule has 0 spiro atoms. The molecule has 0 saturated heterocycles. The molecule has 5 nitrogen and oxygen atoms in total. The van der Waals surface area contributed by atoms with E-state index in [2.05, 4.69) is 28.5 Å². The number of fused-ring (bicyclic) bond motifs is 1. The molecular weight excluding hydrogens is 376 g/mol. The second-order valence-corrected chi connectivity index (χ2v) is 6.90. The molecule has 0 amide bonds. The molecule has 5 heteroatoms. The third kappa shape index (κ3) is 3.87. The van der Waals surface area contributed by atoms with E-state index < -0.39 is 6.04 Å². The van der Waals surface area contributed by atoms with Gasteiger partial charge in [0.25, 0.3) is 0 Å². The van der Waals surface area contributed by atoms with Gasteiger partial charge in [-0.2, -0.15) is 0 Å². The summed E-state index contributed by atoms with van der Waals surface area (Å²) in [6.07, 6.45) is 1.88. The number of H-pyrrole nitrogens is 1. The summed E-state index contributed by atoms with van der Waals surface area (Å²) in [6, 6.07) is 23.1. The molecule has 0 fully saturated rings. The number of hydrogen-bond donors (Lipinski definition) is 2. The SMILES string of the molecule is CCOC(=O)[C@@H](Nc1ccc(OC)cc1)c1c[nH]c2cccc(-c3ccccc3)c12. The molecule has 3 aromatic carbocycles. The lowest BCUT2D eigenvalue weighted by atomic mass is 9.96. The van der Waals surface area contributed by atoms with Crippen molar-refractivity contribution in [3.05, 3.63) is 84.6 Å². The van der Waals surface area contributed by atoms with E-state index >= 15 is 0 Å². The predicted molar refractivity (Wildman–Crippen MR) is 120 cm³/mol. The first-order valence-corrected chi connectivity index (χ1v) is 9.94. The van der Waals surface area contributed by atoms with Crippen LogP contribution in [0.1, 0.15) is 18.5 Å². The zero-order valence-corrected chi connectivity index (χ0v) is 17.0. The zero-order valence-electron chi connectivity index (χ0n) is 17.0.